The van der Waals surface area contributed by atoms with Crippen LogP contribution in [0.2, 0.25) is 0 Å². The van der Waals surface area contributed by atoms with Gasteiger partial charge < -0.3 is 30.3 Å². The quantitative estimate of drug-likeness (QED) is 0.354. The fourth-order valence-corrected chi connectivity index (χ4v) is 9.39. The van der Waals surface area contributed by atoms with Gasteiger partial charge in [0.25, 0.3) is 0 Å². The Bertz CT molecular complexity index is 1010. The molecule has 0 bridgehead atoms. The van der Waals surface area contributed by atoms with Crippen molar-refractivity contribution in [1.82, 2.24) is 0 Å². The maximum atomic E-state index is 13.3. The van der Waals surface area contributed by atoms with E-state index in [1.54, 1.807) is 19.9 Å². The van der Waals surface area contributed by atoms with Gasteiger partial charge in [0, 0.05) is 17.3 Å². The lowest BCUT2D eigenvalue weighted by molar-refractivity contribution is -0.178. The first-order chi connectivity index (χ1) is 17.1. The monoisotopic (exact) mass is 520 g/mol. The van der Waals surface area contributed by atoms with Crippen molar-refractivity contribution in [3.8, 4) is 0 Å². The Morgan fingerprint density at radius 1 is 1.11 bits per heavy atom. The Labute approximate surface area is 219 Å². The van der Waals surface area contributed by atoms with Crippen molar-refractivity contribution in [3.05, 3.63) is 11.6 Å². The normalized spacial score (nSPS) is 51.9. The average molecular weight is 521 g/mol. The van der Waals surface area contributed by atoms with Gasteiger partial charge in [0.15, 0.2) is 5.78 Å². The summed E-state index contributed by atoms with van der Waals surface area (Å²) in [5, 5.41) is 56.2. The van der Waals surface area contributed by atoms with Crippen LogP contribution in [0.4, 0.5) is 0 Å². The first-order valence-electron chi connectivity index (χ1n) is 14.0. The highest BCUT2D eigenvalue weighted by Gasteiger charge is 2.69. The molecule has 8 heteroatoms. The minimum atomic E-state index is -1.52. The van der Waals surface area contributed by atoms with Crippen LogP contribution in [0.15, 0.2) is 11.6 Å². The van der Waals surface area contributed by atoms with E-state index in [-0.39, 0.29) is 48.5 Å². The number of hydrogen-bond donors (Lipinski definition) is 5. The van der Waals surface area contributed by atoms with E-state index >= 15 is 0 Å². The maximum Gasteiger partial charge on any atom is 0.309 e. The van der Waals surface area contributed by atoms with Crippen LogP contribution in [0.1, 0.15) is 79.6 Å². The van der Waals surface area contributed by atoms with Gasteiger partial charge in [-0.15, -0.1) is 0 Å². The van der Waals surface area contributed by atoms with Gasteiger partial charge in [0.2, 0.25) is 0 Å². The van der Waals surface area contributed by atoms with Crippen LogP contribution in [0.25, 0.3) is 0 Å². The number of carbonyl (C=O) groups excluding carboxylic acids is 2. The minimum Gasteiger partial charge on any atom is -0.462 e. The number of cyclic esters (lactones) is 1. The van der Waals surface area contributed by atoms with Crippen molar-refractivity contribution in [1.29, 1.82) is 0 Å². The molecule has 4 fully saturated rings. The molecule has 1 heterocycles. The van der Waals surface area contributed by atoms with Crippen LogP contribution in [-0.2, 0) is 14.3 Å². The summed E-state index contributed by atoms with van der Waals surface area (Å²) in [6.45, 7) is 9.21. The van der Waals surface area contributed by atoms with Crippen molar-refractivity contribution in [2.45, 2.75) is 115 Å². The fourth-order valence-electron chi connectivity index (χ4n) is 9.39. The summed E-state index contributed by atoms with van der Waals surface area (Å²) in [7, 11) is 0. The Balaban J connectivity index is 1.44. The Hall–Kier alpha value is -1.32. The van der Waals surface area contributed by atoms with Crippen LogP contribution in [0.5, 0.6) is 0 Å². The summed E-state index contributed by atoms with van der Waals surface area (Å²) in [6, 6.07) is 0. The first kappa shape index (κ1) is 27.3. The number of fused-ring (bicyclic) bond motifs is 5. The second-order valence-corrected chi connectivity index (χ2v) is 13.7. The molecule has 3 saturated carbocycles. The highest BCUT2D eigenvalue weighted by atomic mass is 16.6. The topological polar surface area (TPSA) is 145 Å². The molecule has 0 aromatic carbocycles. The third-order valence-electron chi connectivity index (χ3n) is 11.9. The molecular formula is C29H44O8. The molecule has 37 heavy (non-hydrogen) atoms. The van der Waals surface area contributed by atoms with E-state index in [1.807, 2.05) is 20.8 Å². The lowest BCUT2D eigenvalue weighted by Crippen LogP contribution is -2.63. The molecule has 0 aromatic rings. The molecule has 1 aliphatic heterocycles. The summed E-state index contributed by atoms with van der Waals surface area (Å²) < 4.78 is 5.34. The number of aliphatic hydroxyl groups is 5. The highest BCUT2D eigenvalue weighted by Crippen LogP contribution is 2.68. The zero-order valence-corrected chi connectivity index (χ0v) is 22.7. The molecule has 0 radical (unpaired) electrons. The van der Waals surface area contributed by atoms with E-state index in [0.29, 0.717) is 37.7 Å². The lowest BCUT2D eigenvalue weighted by atomic mass is 9.45. The average Bonchev–Trinajstić information content (AvgIpc) is 3.23. The van der Waals surface area contributed by atoms with Gasteiger partial charge in [0.05, 0.1) is 35.4 Å². The van der Waals surface area contributed by atoms with E-state index in [4.69, 9.17) is 4.74 Å². The third-order valence-corrected chi connectivity index (χ3v) is 11.9. The molecule has 5 N–H and O–H groups in total. The van der Waals surface area contributed by atoms with Crippen molar-refractivity contribution >= 4 is 11.8 Å². The molecule has 8 nitrogen and oxygen atoms in total. The standard InChI is InChI=1S/C29H44O8/c1-14-16(15(2)37-25(14)34)10-24(33)28(5,35)23-7-9-29(36)18-11-20(30)19-12-21(31)22(32)13-26(19,3)17(18)6-8-27(23,29)4/h11,14-17,19,21-24,31-33,35-36H,6-10,12-13H2,1-5H3/t14-,15+,16-,17?,19-,21+,22-,23?,24+,26+,27+,28+,29+/m0/s1. The predicted molar refractivity (Wildman–Crippen MR) is 134 cm³/mol. The van der Waals surface area contributed by atoms with Crippen LogP contribution in [-0.4, -0.2) is 72.9 Å². The fraction of sp³-hybridized carbons (Fsp3) is 0.862. The second-order valence-electron chi connectivity index (χ2n) is 13.7. The summed E-state index contributed by atoms with van der Waals surface area (Å²) in [6.07, 6.45) is 1.21. The number of carbonyl (C=O) groups is 2. The van der Waals surface area contributed by atoms with E-state index in [0.717, 1.165) is 0 Å². The zero-order chi connectivity index (χ0) is 27.3. The molecular weight excluding hydrogens is 476 g/mol. The molecule has 0 amide bonds. The van der Waals surface area contributed by atoms with Crippen molar-refractivity contribution in [2.75, 3.05) is 0 Å². The largest absolute Gasteiger partial charge is 0.462 e. The molecule has 208 valence electrons. The van der Waals surface area contributed by atoms with E-state index in [1.165, 1.54) is 0 Å². The molecule has 0 spiro atoms. The molecule has 13 atom stereocenters. The lowest BCUT2D eigenvalue weighted by Gasteiger charge is -2.60. The number of rotatable bonds is 4. The Morgan fingerprint density at radius 3 is 2.41 bits per heavy atom. The Morgan fingerprint density at radius 2 is 1.78 bits per heavy atom. The van der Waals surface area contributed by atoms with Gasteiger partial charge in [-0.05, 0) is 87.7 Å². The number of aliphatic hydroxyl groups excluding tert-OH is 3. The first-order valence-corrected chi connectivity index (χ1v) is 14.0. The van der Waals surface area contributed by atoms with Crippen LogP contribution < -0.4 is 0 Å². The van der Waals surface area contributed by atoms with Crippen LogP contribution >= 0.6 is 0 Å². The zero-order valence-electron chi connectivity index (χ0n) is 22.7. The van der Waals surface area contributed by atoms with Gasteiger partial charge in [0.1, 0.15) is 6.10 Å². The molecule has 1 saturated heterocycles. The van der Waals surface area contributed by atoms with Gasteiger partial charge in [-0.25, -0.2) is 0 Å². The van der Waals surface area contributed by atoms with E-state index in [9.17, 15) is 35.1 Å². The van der Waals surface area contributed by atoms with Crippen molar-refractivity contribution in [2.24, 2.45) is 40.4 Å². The van der Waals surface area contributed by atoms with E-state index < -0.39 is 52.2 Å². The predicted octanol–water partition coefficient (Wildman–Crippen LogP) is 1.89. The van der Waals surface area contributed by atoms with Gasteiger partial charge in [-0.3, -0.25) is 9.59 Å². The molecule has 5 aliphatic rings. The van der Waals surface area contributed by atoms with E-state index in [2.05, 4.69) is 0 Å². The van der Waals surface area contributed by atoms with Gasteiger partial charge in [-0.1, -0.05) is 20.8 Å². The number of esters is 1. The summed E-state index contributed by atoms with van der Waals surface area (Å²) in [4.78, 5) is 25.4. The summed E-state index contributed by atoms with van der Waals surface area (Å²) >= 11 is 0. The number of ketones is 1. The summed E-state index contributed by atoms with van der Waals surface area (Å²) in [5.41, 5.74) is -3.47. The number of ether oxygens (including phenoxy) is 1. The number of allylic oxidation sites excluding steroid dienone is 1. The smallest absolute Gasteiger partial charge is 0.309 e. The molecule has 4 aliphatic carbocycles. The summed E-state index contributed by atoms with van der Waals surface area (Å²) in [5.74, 6) is -1.88. The van der Waals surface area contributed by atoms with Gasteiger partial charge in [-0.2, -0.15) is 0 Å². The highest BCUT2D eigenvalue weighted by molar-refractivity contribution is 5.95. The molecule has 5 rings (SSSR count). The minimum absolute atomic E-state index is 0.104. The van der Waals surface area contributed by atoms with Crippen LogP contribution in [0.3, 0.4) is 0 Å². The van der Waals surface area contributed by atoms with Gasteiger partial charge >= 0.3 is 5.97 Å². The third kappa shape index (κ3) is 3.65. The molecule has 2 unspecified atom stereocenters. The van der Waals surface area contributed by atoms with Crippen LogP contribution in [0, 0.1) is 40.4 Å². The van der Waals surface area contributed by atoms with Crippen molar-refractivity contribution < 1.29 is 39.9 Å². The Kier molecular flexibility index (Phi) is 6.33. The molecule has 0 aromatic heterocycles. The second kappa shape index (κ2) is 8.59. The number of hydrogen-bond acceptors (Lipinski definition) is 8. The SMILES string of the molecule is C[C@@H]1C(=O)O[C@H](C)[C@H]1C[C@@H](O)[C@](C)(O)C1CC[C@@]2(O)C3=CC(=O)[C@@H]4C[C@@H](O)[C@@H](O)C[C@]4(C)C3CC[C@]12C. The van der Waals surface area contributed by atoms with Crippen molar-refractivity contribution in [3.63, 3.8) is 0 Å². The maximum absolute atomic E-state index is 13.3.